The molecule has 110 valence electrons. The summed E-state index contributed by atoms with van der Waals surface area (Å²) in [6.45, 7) is -2.88. The SMILES string of the molecule is CSc1cccc(NC(=O)c2ccc(OC(F)F)cc2)c1. The Morgan fingerprint density at radius 3 is 2.52 bits per heavy atom. The van der Waals surface area contributed by atoms with E-state index in [1.165, 1.54) is 24.3 Å². The summed E-state index contributed by atoms with van der Waals surface area (Å²) in [5.74, 6) is -0.289. The summed E-state index contributed by atoms with van der Waals surface area (Å²) in [6, 6.07) is 13.0. The number of amides is 1. The van der Waals surface area contributed by atoms with Crippen molar-refractivity contribution in [2.24, 2.45) is 0 Å². The minimum atomic E-state index is -2.88. The van der Waals surface area contributed by atoms with E-state index in [0.717, 1.165) is 4.90 Å². The highest BCUT2D eigenvalue weighted by molar-refractivity contribution is 7.98. The quantitative estimate of drug-likeness (QED) is 0.839. The van der Waals surface area contributed by atoms with E-state index in [4.69, 9.17) is 0 Å². The van der Waals surface area contributed by atoms with Crippen LogP contribution in [0.25, 0.3) is 0 Å². The molecule has 1 amide bonds. The normalized spacial score (nSPS) is 10.5. The summed E-state index contributed by atoms with van der Waals surface area (Å²) < 4.78 is 28.3. The number of halogens is 2. The molecular formula is C15H13F2NO2S. The zero-order chi connectivity index (χ0) is 15.2. The zero-order valence-electron chi connectivity index (χ0n) is 11.2. The molecule has 0 saturated carbocycles. The van der Waals surface area contributed by atoms with Gasteiger partial charge in [0.2, 0.25) is 0 Å². The number of benzene rings is 2. The van der Waals surface area contributed by atoms with E-state index in [2.05, 4.69) is 10.1 Å². The summed E-state index contributed by atoms with van der Waals surface area (Å²) in [4.78, 5) is 13.1. The number of rotatable bonds is 5. The lowest BCUT2D eigenvalue weighted by molar-refractivity contribution is -0.0498. The van der Waals surface area contributed by atoms with E-state index in [-0.39, 0.29) is 11.7 Å². The molecular weight excluding hydrogens is 296 g/mol. The number of carbonyl (C=O) groups is 1. The van der Waals surface area contributed by atoms with Crippen LogP contribution in [0.5, 0.6) is 5.75 Å². The standard InChI is InChI=1S/C15H13F2NO2S/c1-21-13-4-2-3-11(9-13)18-14(19)10-5-7-12(8-6-10)20-15(16)17/h2-9,15H,1H3,(H,18,19). The van der Waals surface area contributed by atoms with Gasteiger partial charge in [0.15, 0.2) is 0 Å². The highest BCUT2D eigenvalue weighted by Crippen LogP contribution is 2.20. The molecule has 0 aliphatic rings. The fourth-order valence-corrected chi connectivity index (χ4v) is 2.15. The van der Waals surface area contributed by atoms with Crippen molar-refractivity contribution in [3.8, 4) is 5.75 Å². The lowest BCUT2D eigenvalue weighted by Crippen LogP contribution is -2.12. The van der Waals surface area contributed by atoms with Crippen molar-refractivity contribution in [3.63, 3.8) is 0 Å². The van der Waals surface area contributed by atoms with Gasteiger partial charge in [-0.25, -0.2) is 0 Å². The van der Waals surface area contributed by atoms with E-state index >= 15 is 0 Å². The molecule has 0 spiro atoms. The van der Waals surface area contributed by atoms with Crippen LogP contribution in [0.3, 0.4) is 0 Å². The lowest BCUT2D eigenvalue weighted by atomic mass is 10.2. The number of ether oxygens (including phenoxy) is 1. The number of nitrogens with one attached hydrogen (secondary N) is 1. The van der Waals surface area contributed by atoms with Gasteiger partial charge in [0.05, 0.1) is 0 Å². The maximum absolute atomic E-state index is 12.0. The van der Waals surface area contributed by atoms with Crippen molar-refractivity contribution in [2.45, 2.75) is 11.5 Å². The lowest BCUT2D eigenvalue weighted by Gasteiger charge is -2.08. The van der Waals surface area contributed by atoms with Crippen LogP contribution in [0.1, 0.15) is 10.4 Å². The highest BCUT2D eigenvalue weighted by atomic mass is 32.2. The molecule has 0 saturated heterocycles. The number of thioether (sulfide) groups is 1. The smallest absolute Gasteiger partial charge is 0.387 e. The molecule has 0 bridgehead atoms. The van der Waals surface area contributed by atoms with E-state index in [1.807, 2.05) is 24.5 Å². The molecule has 0 aliphatic carbocycles. The summed E-state index contributed by atoms with van der Waals surface area (Å²) in [7, 11) is 0. The monoisotopic (exact) mass is 309 g/mol. The van der Waals surface area contributed by atoms with Crippen molar-refractivity contribution in [1.82, 2.24) is 0 Å². The largest absolute Gasteiger partial charge is 0.435 e. The van der Waals surface area contributed by atoms with Crippen LogP contribution in [0.2, 0.25) is 0 Å². The summed E-state index contributed by atoms with van der Waals surface area (Å²) >= 11 is 1.57. The Kier molecular flexibility index (Phi) is 5.16. The van der Waals surface area contributed by atoms with Crippen molar-refractivity contribution in [2.75, 3.05) is 11.6 Å². The van der Waals surface area contributed by atoms with Gasteiger partial charge in [-0.05, 0) is 48.7 Å². The van der Waals surface area contributed by atoms with Crippen molar-refractivity contribution in [1.29, 1.82) is 0 Å². The number of carbonyl (C=O) groups excluding carboxylic acids is 1. The van der Waals surface area contributed by atoms with Gasteiger partial charge in [0.1, 0.15) is 5.75 Å². The van der Waals surface area contributed by atoms with Crippen LogP contribution >= 0.6 is 11.8 Å². The van der Waals surface area contributed by atoms with Gasteiger partial charge in [-0.2, -0.15) is 8.78 Å². The maximum Gasteiger partial charge on any atom is 0.387 e. The van der Waals surface area contributed by atoms with Crippen LogP contribution in [-0.2, 0) is 0 Å². The first-order chi connectivity index (χ1) is 10.1. The Bertz CT molecular complexity index is 617. The second kappa shape index (κ2) is 7.08. The first kappa shape index (κ1) is 15.3. The maximum atomic E-state index is 12.0. The molecule has 0 radical (unpaired) electrons. The van der Waals surface area contributed by atoms with E-state index in [1.54, 1.807) is 17.8 Å². The molecule has 2 aromatic carbocycles. The van der Waals surface area contributed by atoms with Gasteiger partial charge in [-0.15, -0.1) is 11.8 Å². The highest BCUT2D eigenvalue weighted by Gasteiger charge is 2.08. The molecule has 0 unspecified atom stereocenters. The summed E-state index contributed by atoms with van der Waals surface area (Å²) in [5, 5.41) is 2.75. The molecule has 0 fully saturated rings. The van der Waals surface area contributed by atoms with Crippen molar-refractivity contribution >= 4 is 23.4 Å². The third-order valence-electron chi connectivity index (χ3n) is 2.67. The molecule has 0 atom stereocenters. The van der Waals surface area contributed by atoms with Crippen LogP contribution in [0.4, 0.5) is 14.5 Å². The van der Waals surface area contributed by atoms with Crippen LogP contribution < -0.4 is 10.1 Å². The van der Waals surface area contributed by atoms with E-state index in [0.29, 0.717) is 11.3 Å². The molecule has 21 heavy (non-hydrogen) atoms. The minimum absolute atomic E-state index is 0.0194. The van der Waals surface area contributed by atoms with Crippen molar-refractivity contribution < 1.29 is 18.3 Å². The van der Waals surface area contributed by atoms with Crippen LogP contribution in [0, 0.1) is 0 Å². The average Bonchev–Trinajstić information content (AvgIpc) is 2.47. The zero-order valence-corrected chi connectivity index (χ0v) is 12.0. The predicted molar refractivity (Wildman–Crippen MR) is 79.3 cm³/mol. The first-order valence-electron chi connectivity index (χ1n) is 6.09. The van der Waals surface area contributed by atoms with Gasteiger partial charge >= 0.3 is 6.61 Å². The van der Waals surface area contributed by atoms with E-state index in [9.17, 15) is 13.6 Å². The average molecular weight is 309 g/mol. The molecule has 0 heterocycles. The van der Waals surface area contributed by atoms with Gasteiger partial charge in [-0.3, -0.25) is 4.79 Å². The Hall–Kier alpha value is -2.08. The molecule has 0 aliphatic heterocycles. The third-order valence-corrected chi connectivity index (χ3v) is 3.39. The van der Waals surface area contributed by atoms with Crippen molar-refractivity contribution in [3.05, 3.63) is 54.1 Å². The van der Waals surface area contributed by atoms with Gasteiger partial charge in [-0.1, -0.05) is 6.07 Å². The molecule has 2 rings (SSSR count). The Morgan fingerprint density at radius 1 is 1.19 bits per heavy atom. The Balaban J connectivity index is 2.05. The minimum Gasteiger partial charge on any atom is -0.435 e. The second-order valence-electron chi connectivity index (χ2n) is 4.09. The predicted octanol–water partition coefficient (Wildman–Crippen LogP) is 4.26. The topological polar surface area (TPSA) is 38.3 Å². The van der Waals surface area contributed by atoms with E-state index < -0.39 is 6.61 Å². The van der Waals surface area contributed by atoms with Gasteiger partial charge < -0.3 is 10.1 Å². The molecule has 2 aromatic rings. The number of hydrogen-bond acceptors (Lipinski definition) is 3. The third kappa shape index (κ3) is 4.46. The summed E-state index contributed by atoms with van der Waals surface area (Å²) in [5.41, 5.74) is 1.05. The number of anilines is 1. The van der Waals surface area contributed by atoms with Crippen LogP contribution in [-0.4, -0.2) is 18.8 Å². The first-order valence-corrected chi connectivity index (χ1v) is 7.31. The molecule has 1 N–H and O–H groups in total. The van der Waals surface area contributed by atoms with Gasteiger partial charge in [0.25, 0.3) is 5.91 Å². The number of alkyl halides is 2. The summed E-state index contributed by atoms with van der Waals surface area (Å²) in [6.07, 6.45) is 1.95. The molecule has 3 nitrogen and oxygen atoms in total. The van der Waals surface area contributed by atoms with Crippen LogP contribution in [0.15, 0.2) is 53.4 Å². The molecule has 6 heteroatoms. The second-order valence-corrected chi connectivity index (χ2v) is 4.97. The van der Waals surface area contributed by atoms with Gasteiger partial charge in [0, 0.05) is 16.1 Å². The molecule has 0 aromatic heterocycles. The number of hydrogen-bond donors (Lipinski definition) is 1. The fraction of sp³-hybridized carbons (Fsp3) is 0.133. The Morgan fingerprint density at radius 2 is 1.90 bits per heavy atom. The Labute approximate surface area is 125 Å². The fourth-order valence-electron chi connectivity index (χ4n) is 1.69.